The highest BCUT2D eigenvalue weighted by Gasteiger charge is 2.49. The molecular formula is C13H21N3O3. The lowest BCUT2D eigenvalue weighted by Crippen LogP contribution is -2.66. The van der Waals surface area contributed by atoms with Gasteiger partial charge in [-0.1, -0.05) is 6.92 Å². The van der Waals surface area contributed by atoms with Crippen LogP contribution in [-0.2, 0) is 9.59 Å². The van der Waals surface area contributed by atoms with Crippen molar-refractivity contribution in [1.29, 1.82) is 0 Å². The van der Waals surface area contributed by atoms with E-state index in [-0.39, 0.29) is 11.9 Å². The molecule has 2 saturated heterocycles. The quantitative estimate of drug-likeness (QED) is 0.743. The van der Waals surface area contributed by atoms with E-state index in [9.17, 15) is 14.4 Å². The van der Waals surface area contributed by atoms with Crippen molar-refractivity contribution in [2.45, 2.75) is 39.7 Å². The van der Waals surface area contributed by atoms with Crippen molar-refractivity contribution >= 4 is 17.8 Å². The molecular weight excluding hydrogens is 246 g/mol. The van der Waals surface area contributed by atoms with Gasteiger partial charge in [0.1, 0.15) is 5.41 Å². The van der Waals surface area contributed by atoms with Crippen molar-refractivity contribution < 1.29 is 14.4 Å². The van der Waals surface area contributed by atoms with Crippen LogP contribution in [0, 0.1) is 5.41 Å². The number of barbiturate groups is 1. The molecule has 1 N–H and O–H groups in total. The molecule has 0 saturated carbocycles. The largest absolute Gasteiger partial charge is 0.331 e. The third kappa shape index (κ3) is 2.36. The van der Waals surface area contributed by atoms with Crippen LogP contribution in [0.15, 0.2) is 0 Å². The lowest BCUT2D eigenvalue weighted by Gasteiger charge is -2.42. The molecule has 4 amide bonds. The number of rotatable bonds is 2. The molecule has 2 heterocycles. The molecule has 0 aromatic heterocycles. The van der Waals surface area contributed by atoms with Crippen molar-refractivity contribution in [1.82, 2.24) is 15.1 Å². The molecule has 2 aliphatic heterocycles. The van der Waals surface area contributed by atoms with Gasteiger partial charge in [0.25, 0.3) is 0 Å². The zero-order chi connectivity index (χ0) is 14.2. The standard InChI is InChI=1S/C13H21N3O3/c1-4-15-7-5-6-9(8-15)16-11(18)13(2,3)10(17)14-12(16)19/h9H,4-8H2,1-3H3,(H,14,17,19). The maximum atomic E-state index is 12.4. The zero-order valence-electron chi connectivity index (χ0n) is 11.7. The number of carbonyl (C=O) groups is 3. The molecule has 1 unspecified atom stereocenters. The van der Waals surface area contributed by atoms with Crippen LogP contribution in [0.3, 0.4) is 0 Å². The molecule has 0 radical (unpaired) electrons. The van der Waals surface area contributed by atoms with Crippen molar-refractivity contribution in [3.05, 3.63) is 0 Å². The normalized spacial score (nSPS) is 28.5. The molecule has 0 aliphatic carbocycles. The summed E-state index contributed by atoms with van der Waals surface area (Å²) in [5.41, 5.74) is -1.16. The number of hydrogen-bond donors (Lipinski definition) is 1. The highest BCUT2D eigenvalue weighted by molar-refractivity contribution is 6.18. The maximum Gasteiger partial charge on any atom is 0.331 e. The van der Waals surface area contributed by atoms with Gasteiger partial charge in [0.15, 0.2) is 0 Å². The van der Waals surface area contributed by atoms with Gasteiger partial charge >= 0.3 is 6.03 Å². The Morgan fingerprint density at radius 2 is 2.00 bits per heavy atom. The summed E-state index contributed by atoms with van der Waals surface area (Å²) in [6, 6.07) is -0.703. The van der Waals surface area contributed by atoms with E-state index in [4.69, 9.17) is 0 Å². The Kier molecular flexibility index (Phi) is 3.62. The van der Waals surface area contributed by atoms with Crippen LogP contribution in [0.2, 0.25) is 0 Å². The van der Waals surface area contributed by atoms with E-state index >= 15 is 0 Å². The number of likely N-dealkylation sites (N-methyl/N-ethyl adjacent to an activating group) is 1. The Morgan fingerprint density at radius 1 is 1.32 bits per heavy atom. The monoisotopic (exact) mass is 267 g/mol. The minimum absolute atomic E-state index is 0.131. The summed E-state index contributed by atoms with van der Waals surface area (Å²) in [6.45, 7) is 7.78. The highest BCUT2D eigenvalue weighted by Crippen LogP contribution is 2.27. The third-order valence-corrected chi connectivity index (χ3v) is 4.05. The molecule has 2 fully saturated rings. The average molecular weight is 267 g/mol. The molecule has 0 spiro atoms. The van der Waals surface area contributed by atoms with E-state index in [0.29, 0.717) is 6.54 Å². The fourth-order valence-electron chi connectivity index (χ4n) is 2.66. The smallest absolute Gasteiger partial charge is 0.302 e. The van der Waals surface area contributed by atoms with Crippen molar-refractivity contribution in [3.63, 3.8) is 0 Å². The Hall–Kier alpha value is -1.43. The number of hydrogen-bond acceptors (Lipinski definition) is 4. The minimum atomic E-state index is -1.16. The Bertz CT molecular complexity index is 419. The zero-order valence-corrected chi connectivity index (χ0v) is 11.7. The van der Waals surface area contributed by atoms with Crippen molar-refractivity contribution in [2.24, 2.45) is 5.41 Å². The molecule has 19 heavy (non-hydrogen) atoms. The highest BCUT2D eigenvalue weighted by atomic mass is 16.2. The van der Waals surface area contributed by atoms with Gasteiger partial charge in [-0.3, -0.25) is 19.8 Å². The number of nitrogens with one attached hydrogen (secondary N) is 1. The van der Waals surface area contributed by atoms with Crippen molar-refractivity contribution in [2.75, 3.05) is 19.6 Å². The summed E-state index contributed by atoms with van der Waals surface area (Å²) >= 11 is 0. The maximum absolute atomic E-state index is 12.4. The second kappa shape index (κ2) is 4.92. The number of likely N-dealkylation sites (tertiary alicyclic amines) is 1. The molecule has 106 valence electrons. The third-order valence-electron chi connectivity index (χ3n) is 4.05. The molecule has 1 atom stereocenters. The predicted molar refractivity (Wildman–Crippen MR) is 69.3 cm³/mol. The number of piperidine rings is 1. The van der Waals surface area contributed by atoms with Crippen LogP contribution in [0.5, 0.6) is 0 Å². The molecule has 2 aliphatic rings. The van der Waals surface area contributed by atoms with Crippen LogP contribution in [0.25, 0.3) is 0 Å². The van der Waals surface area contributed by atoms with Crippen LogP contribution in [0.4, 0.5) is 4.79 Å². The fourth-order valence-corrected chi connectivity index (χ4v) is 2.66. The molecule has 0 aromatic rings. The van der Waals surface area contributed by atoms with Crippen LogP contribution in [-0.4, -0.2) is 53.3 Å². The Balaban J connectivity index is 2.20. The van der Waals surface area contributed by atoms with Gasteiger partial charge in [-0.25, -0.2) is 4.79 Å². The topological polar surface area (TPSA) is 69.7 Å². The van der Waals surface area contributed by atoms with E-state index in [1.165, 1.54) is 4.90 Å². The molecule has 2 rings (SSSR count). The van der Waals surface area contributed by atoms with Crippen LogP contribution < -0.4 is 5.32 Å². The van der Waals surface area contributed by atoms with E-state index in [1.807, 2.05) is 0 Å². The first-order valence-electron chi connectivity index (χ1n) is 6.79. The number of amides is 4. The lowest BCUT2D eigenvalue weighted by atomic mass is 9.87. The molecule has 0 bridgehead atoms. The first kappa shape index (κ1) is 14.0. The SMILES string of the molecule is CCN1CCCC(N2C(=O)NC(=O)C(C)(C)C2=O)C1. The molecule has 6 heteroatoms. The number of urea groups is 1. The molecule has 0 aromatic carbocycles. The fraction of sp³-hybridized carbons (Fsp3) is 0.769. The summed E-state index contributed by atoms with van der Waals surface area (Å²) < 4.78 is 0. The van der Waals surface area contributed by atoms with Crippen LogP contribution in [0.1, 0.15) is 33.6 Å². The summed E-state index contributed by atoms with van der Waals surface area (Å²) in [4.78, 5) is 39.5. The summed E-state index contributed by atoms with van der Waals surface area (Å²) in [6.07, 6.45) is 1.77. The van der Waals surface area contributed by atoms with Gasteiger partial charge in [-0.15, -0.1) is 0 Å². The Labute approximate surface area is 113 Å². The van der Waals surface area contributed by atoms with E-state index in [0.717, 1.165) is 25.9 Å². The van der Waals surface area contributed by atoms with Gasteiger partial charge < -0.3 is 4.90 Å². The van der Waals surface area contributed by atoms with Gasteiger partial charge in [-0.05, 0) is 39.8 Å². The first-order valence-corrected chi connectivity index (χ1v) is 6.79. The summed E-state index contributed by atoms with van der Waals surface area (Å²) in [5, 5.41) is 2.29. The van der Waals surface area contributed by atoms with E-state index < -0.39 is 17.4 Å². The number of imide groups is 2. The van der Waals surface area contributed by atoms with E-state index in [2.05, 4.69) is 17.1 Å². The second-order valence-corrected chi connectivity index (χ2v) is 5.75. The number of carbonyl (C=O) groups excluding carboxylic acids is 3. The lowest BCUT2D eigenvalue weighted by molar-refractivity contribution is -0.151. The van der Waals surface area contributed by atoms with E-state index in [1.54, 1.807) is 13.8 Å². The van der Waals surface area contributed by atoms with Gasteiger partial charge in [-0.2, -0.15) is 0 Å². The minimum Gasteiger partial charge on any atom is -0.302 e. The van der Waals surface area contributed by atoms with Crippen LogP contribution >= 0.6 is 0 Å². The Morgan fingerprint density at radius 3 is 2.63 bits per heavy atom. The first-order chi connectivity index (χ1) is 8.87. The van der Waals surface area contributed by atoms with Gasteiger partial charge in [0, 0.05) is 6.54 Å². The van der Waals surface area contributed by atoms with Gasteiger partial charge in [0.05, 0.1) is 6.04 Å². The van der Waals surface area contributed by atoms with Crippen molar-refractivity contribution in [3.8, 4) is 0 Å². The second-order valence-electron chi connectivity index (χ2n) is 5.75. The summed E-state index contributed by atoms with van der Waals surface area (Å²) in [5.74, 6) is -0.897. The van der Waals surface area contributed by atoms with Gasteiger partial charge in [0.2, 0.25) is 11.8 Å². The predicted octanol–water partition coefficient (Wildman–Crippen LogP) is 0.575. The summed E-state index contributed by atoms with van der Waals surface area (Å²) in [7, 11) is 0. The average Bonchev–Trinajstić information content (AvgIpc) is 2.37. The molecule has 6 nitrogen and oxygen atoms in total. The number of nitrogens with zero attached hydrogens (tertiary/aromatic N) is 2.